The fraction of sp³-hybridized carbons (Fsp3) is 0.875. The maximum Gasteiger partial charge on any atom is 0.309 e. The third-order valence-corrected chi connectivity index (χ3v) is 2.29. The number of methoxy groups -OCH3 is 1. The van der Waals surface area contributed by atoms with Crippen molar-refractivity contribution in [1.82, 2.24) is 5.32 Å². The van der Waals surface area contributed by atoms with E-state index >= 15 is 0 Å². The minimum absolute atomic E-state index is 0. The van der Waals surface area contributed by atoms with Gasteiger partial charge in [-0.25, -0.2) is 8.78 Å². The molecule has 0 aromatic carbocycles. The van der Waals surface area contributed by atoms with Gasteiger partial charge in [0.25, 0.3) is 6.43 Å². The topological polar surface area (TPSA) is 38.3 Å². The monoisotopic (exact) mass is 229 g/mol. The van der Waals surface area contributed by atoms with Gasteiger partial charge < -0.3 is 10.1 Å². The quantitative estimate of drug-likeness (QED) is 0.724. The SMILES string of the molecule is COC(=O)C1CCC(C(F)F)NC1.Cl. The molecule has 1 N–H and O–H groups in total. The van der Waals surface area contributed by atoms with Gasteiger partial charge in [0, 0.05) is 6.54 Å². The van der Waals surface area contributed by atoms with Gasteiger partial charge in [0.2, 0.25) is 0 Å². The van der Waals surface area contributed by atoms with E-state index in [0.29, 0.717) is 19.4 Å². The van der Waals surface area contributed by atoms with Gasteiger partial charge in [-0.15, -0.1) is 12.4 Å². The van der Waals surface area contributed by atoms with Gasteiger partial charge in [0.05, 0.1) is 19.1 Å². The van der Waals surface area contributed by atoms with E-state index in [9.17, 15) is 13.6 Å². The number of piperidine rings is 1. The molecule has 2 atom stereocenters. The largest absolute Gasteiger partial charge is 0.469 e. The van der Waals surface area contributed by atoms with Crippen molar-refractivity contribution in [2.45, 2.75) is 25.3 Å². The van der Waals surface area contributed by atoms with Crippen LogP contribution in [0.5, 0.6) is 0 Å². The normalized spacial score (nSPS) is 26.9. The molecular formula is C8H14ClF2NO2. The summed E-state index contributed by atoms with van der Waals surface area (Å²) in [6.07, 6.45) is -1.54. The van der Waals surface area contributed by atoms with Crippen LogP contribution in [0.2, 0.25) is 0 Å². The predicted molar refractivity (Wildman–Crippen MR) is 49.8 cm³/mol. The number of carbonyl (C=O) groups excluding carboxylic acids is 1. The fourth-order valence-electron chi connectivity index (χ4n) is 1.46. The van der Waals surface area contributed by atoms with Gasteiger partial charge in [-0.05, 0) is 12.8 Å². The number of halogens is 3. The Labute approximate surface area is 87.6 Å². The summed E-state index contributed by atoms with van der Waals surface area (Å²) in [7, 11) is 1.31. The molecular weight excluding hydrogens is 216 g/mol. The number of rotatable bonds is 2. The number of esters is 1. The summed E-state index contributed by atoms with van der Waals surface area (Å²) in [5.41, 5.74) is 0. The maximum absolute atomic E-state index is 12.2. The molecule has 0 aromatic rings. The molecule has 1 heterocycles. The molecule has 0 amide bonds. The van der Waals surface area contributed by atoms with E-state index in [1.165, 1.54) is 7.11 Å². The first kappa shape index (κ1) is 13.6. The standard InChI is InChI=1S/C8H13F2NO2.ClH/c1-13-8(12)5-2-3-6(7(9)10)11-4-5;/h5-7,11H,2-4H2,1H3;1H. The van der Waals surface area contributed by atoms with E-state index in [-0.39, 0.29) is 24.3 Å². The Bertz CT molecular complexity index is 184. The molecule has 84 valence electrons. The van der Waals surface area contributed by atoms with E-state index in [4.69, 9.17) is 0 Å². The zero-order valence-corrected chi connectivity index (χ0v) is 8.65. The second-order valence-electron chi connectivity index (χ2n) is 3.15. The number of hydrogen-bond donors (Lipinski definition) is 1. The van der Waals surface area contributed by atoms with E-state index < -0.39 is 12.5 Å². The smallest absolute Gasteiger partial charge is 0.309 e. The van der Waals surface area contributed by atoms with Crippen molar-refractivity contribution in [1.29, 1.82) is 0 Å². The lowest BCUT2D eigenvalue weighted by Gasteiger charge is -2.27. The van der Waals surface area contributed by atoms with E-state index in [2.05, 4.69) is 10.1 Å². The molecule has 0 radical (unpaired) electrons. The van der Waals surface area contributed by atoms with Gasteiger partial charge in [-0.1, -0.05) is 0 Å². The number of alkyl halides is 2. The first-order valence-corrected chi connectivity index (χ1v) is 4.24. The Balaban J connectivity index is 0.00000169. The first-order valence-electron chi connectivity index (χ1n) is 4.24. The second-order valence-corrected chi connectivity index (χ2v) is 3.15. The van der Waals surface area contributed by atoms with Crippen molar-refractivity contribution >= 4 is 18.4 Å². The summed E-state index contributed by atoms with van der Waals surface area (Å²) in [4.78, 5) is 11.0. The zero-order valence-electron chi connectivity index (χ0n) is 7.83. The van der Waals surface area contributed by atoms with Crippen LogP contribution in [0, 0.1) is 5.92 Å². The number of hydrogen-bond acceptors (Lipinski definition) is 3. The van der Waals surface area contributed by atoms with Gasteiger partial charge in [-0.3, -0.25) is 4.79 Å². The Kier molecular flexibility index (Phi) is 5.95. The van der Waals surface area contributed by atoms with Crippen LogP contribution in [0.4, 0.5) is 8.78 Å². The lowest BCUT2D eigenvalue weighted by atomic mass is 9.95. The minimum Gasteiger partial charge on any atom is -0.469 e. The summed E-state index contributed by atoms with van der Waals surface area (Å²) >= 11 is 0. The van der Waals surface area contributed by atoms with Crippen LogP contribution in [0.1, 0.15) is 12.8 Å². The summed E-state index contributed by atoms with van der Waals surface area (Å²) < 4.78 is 28.8. The van der Waals surface area contributed by atoms with E-state index in [1.54, 1.807) is 0 Å². The highest BCUT2D eigenvalue weighted by molar-refractivity contribution is 5.85. The maximum atomic E-state index is 12.2. The third kappa shape index (κ3) is 3.38. The zero-order chi connectivity index (χ0) is 9.84. The van der Waals surface area contributed by atoms with E-state index in [0.717, 1.165) is 0 Å². The second kappa shape index (κ2) is 6.14. The molecule has 6 heteroatoms. The number of nitrogens with one attached hydrogen (secondary N) is 1. The average Bonchev–Trinajstić information content (AvgIpc) is 2.17. The van der Waals surface area contributed by atoms with Crippen molar-refractivity contribution < 1.29 is 18.3 Å². The molecule has 1 saturated heterocycles. The number of carbonyl (C=O) groups is 1. The molecule has 0 saturated carbocycles. The fourth-order valence-corrected chi connectivity index (χ4v) is 1.46. The lowest BCUT2D eigenvalue weighted by Crippen LogP contribution is -2.45. The molecule has 3 nitrogen and oxygen atoms in total. The van der Waals surface area contributed by atoms with Gasteiger partial charge in [-0.2, -0.15) is 0 Å². The van der Waals surface area contributed by atoms with Crippen molar-refractivity contribution in [3.8, 4) is 0 Å². The van der Waals surface area contributed by atoms with Crippen LogP contribution in [0.25, 0.3) is 0 Å². The van der Waals surface area contributed by atoms with Crippen LogP contribution in [0.15, 0.2) is 0 Å². The Morgan fingerprint density at radius 2 is 2.14 bits per heavy atom. The molecule has 0 aliphatic carbocycles. The Hall–Kier alpha value is -0.420. The molecule has 0 aromatic heterocycles. The van der Waals surface area contributed by atoms with Crippen molar-refractivity contribution in [3.05, 3.63) is 0 Å². The van der Waals surface area contributed by atoms with Crippen LogP contribution in [-0.4, -0.2) is 32.1 Å². The lowest BCUT2D eigenvalue weighted by molar-refractivity contribution is -0.146. The predicted octanol–water partition coefficient (Wildman–Crippen LogP) is 1.21. The highest BCUT2D eigenvalue weighted by Crippen LogP contribution is 2.19. The summed E-state index contributed by atoms with van der Waals surface area (Å²) in [6.45, 7) is 0.293. The van der Waals surface area contributed by atoms with Crippen molar-refractivity contribution in [2.24, 2.45) is 5.92 Å². The molecule has 1 aliphatic rings. The highest BCUT2D eigenvalue weighted by atomic mass is 35.5. The average molecular weight is 230 g/mol. The molecule has 14 heavy (non-hydrogen) atoms. The third-order valence-electron chi connectivity index (χ3n) is 2.29. The number of ether oxygens (including phenoxy) is 1. The summed E-state index contributed by atoms with van der Waals surface area (Å²) in [5.74, 6) is -0.583. The molecule has 0 bridgehead atoms. The molecule has 1 fully saturated rings. The van der Waals surface area contributed by atoms with Gasteiger partial charge >= 0.3 is 5.97 Å². The van der Waals surface area contributed by atoms with Crippen molar-refractivity contribution in [2.75, 3.05) is 13.7 Å². The van der Waals surface area contributed by atoms with E-state index in [1.807, 2.05) is 0 Å². The first-order chi connectivity index (χ1) is 6.15. The van der Waals surface area contributed by atoms with Gasteiger partial charge in [0.15, 0.2) is 0 Å². The highest BCUT2D eigenvalue weighted by Gasteiger charge is 2.30. The minimum atomic E-state index is -2.35. The molecule has 1 rings (SSSR count). The van der Waals surface area contributed by atoms with Crippen LogP contribution in [-0.2, 0) is 9.53 Å². The molecule has 0 spiro atoms. The van der Waals surface area contributed by atoms with Crippen molar-refractivity contribution in [3.63, 3.8) is 0 Å². The Morgan fingerprint density at radius 3 is 2.50 bits per heavy atom. The van der Waals surface area contributed by atoms with Crippen LogP contribution < -0.4 is 5.32 Å². The van der Waals surface area contributed by atoms with Crippen LogP contribution in [0.3, 0.4) is 0 Å². The Morgan fingerprint density at radius 1 is 1.50 bits per heavy atom. The molecule has 1 aliphatic heterocycles. The van der Waals surface area contributed by atoms with Gasteiger partial charge in [0.1, 0.15) is 0 Å². The summed E-state index contributed by atoms with van der Waals surface area (Å²) in [5, 5.41) is 2.63. The molecule has 2 unspecified atom stereocenters. The van der Waals surface area contributed by atoms with Crippen LogP contribution >= 0.6 is 12.4 Å². The summed E-state index contributed by atoms with van der Waals surface area (Å²) in [6, 6.07) is -0.763.